The van der Waals surface area contributed by atoms with Crippen molar-refractivity contribution < 1.29 is 13.2 Å². The highest BCUT2D eigenvalue weighted by Gasteiger charge is 2.34. The third-order valence-electron chi connectivity index (χ3n) is 2.95. The summed E-state index contributed by atoms with van der Waals surface area (Å²) in [7, 11) is 1.84. The zero-order chi connectivity index (χ0) is 13.1. The molecule has 3 rings (SSSR count). The Labute approximate surface area is 98.8 Å². The second-order valence-corrected chi connectivity index (χ2v) is 4.38. The largest absolute Gasteiger partial charge is 0.433 e. The lowest BCUT2D eigenvalue weighted by molar-refractivity contribution is -0.141. The molecule has 2 aromatic rings. The molecule has 96 valence electrons. The van der Waals surface area contributed by atoms with Crippen LogP contribution >= 0.6 is 0 Å². The van der Waals surface area contributed by atoms with E-state index >= 15 is 0 Å². The molecule has 18 heavy (non-hydrogen) atoms. The van der Waals surface area contributed by atoms with Gasteiger partial charge in [0.25, 0.3) is 5.56 Å². The van der Waals surface area contributed by atoms with Gasteiger partial charge in [0, 0.05) is 24.7 Å². The zero-order valence-electron chi connectivity index (χ0n) is 9.38. The summed E-state index contributed by atoms with van der Waals surface area (Å²) in [5.74, 6) is 0. The molecule has 1 aliphatic heterocycles. The number of rotatable bonds is 0. The molecule has 0 aromatic carbocycles. The van der Waals surface area contributed by atoms with Crippen LogP contribution < -0.4 is 5.56 Å². The van der Waals surface area contributed by atoms with E-state index in [1.165, 1.54) is 0 Å². The molecule has 0 saturated heterocycles. The molecule has 3 heterocycles. The number of H-pyrrole nitrogens is 1. The molecule has 0 spiro atoms. The standard InChI is InChI=1S/C10H9F3N4O/c1-16-3-5-6(4-16)15-17-8(18)2-7(10(11,12)13)14-9(5)17/h2,15H,3-4H2,1H3. The summed E-state index contributed by atoms with van der Waals surface area (Å²) in [6.45, 7) is 1.05. The lowest BCUT2D eigenvalue weighted by Crippen LogP contribution is -2.21. The van der Waals surface area contributed by atoms with E-state index in [1.807, 2.05) is 11.9 Å². The predicted octanol–water partition coefficient (Wildman–Crippen LogP) is 0.987. The van der Waals surface area contributed by atoms with Gasteiger partial charge in [-0.05, 0) is 7.05 Å². The van der Waals surface area contributed by atoms with Crippen molar-refractivity contribution in [1.82, 2.24) is 19.5 Å². The number of nitrogens with zero attached hydrogens (tertiary/aromatic N) is 3. The highest BCUT2D eigenvalue weighted by atomic mass is 19.4. The summed E-state index contributed by atoms with van der Waals surface area (Å²) in [6.07, 6.45) is -4.61. The van der Waals surface area contributed by atoms with E-state index in [0.717, 1.165) is 10.2 Å². The Hall–Kier alpha value is -1.83. The van der Waals surface area contributed by atoms with E-state index in [-0.39, 0.29) is 5.65 Å². The minimum absolute atomic E-state index is 0.0641. The van der Waals surface area contributed by atoms with Crippen molar-refractivity contribution in [2.75, 3.05) is 7.05 Å². The molecule has 0 radical (unpaired) electrons. The molecule has 2 aromatic heterocycles. The summed E-state index contributed by atoms with van der Waals surface area (Å²) in [5.41, 5.74) is -0.440. The summed E-state index contributed by atoms with van der Waals surface area (Å²) >= 11 is 0. The van der Waals surface area contributed by atoms with Crippen LogP contribution in [-0.2, 0) is 19.3 Å². The van der Waals surface area contributed by atoms with Crippen molar-refractivity contribution in [2.45, 2.75) is 19.3 Å². The highest BCUT2D eigenvalue weighted by molar-refractivity contribution is 5.52. The van der Waals surface area contributed by atoms with Crippen molar-refractivity contribution in [3.05, 3.63) is 33.4 Å². The average molecular weight is 258 g/mol. The van der Waals surface area contributed by atoms with Gasteiger partial charge in [-0.2, -0.15) is 13.2 Å². The van der Waals surface area contributed by atoms with Crippen LogP contribution in [0.4, 0.5) is 13.2 Å². The van der Waals surface area contributed by atoms with Crippen LogP contribution in [-0.4, -0.2) is 26.5 Å². The normalized spacial score (nSPS) is 16.4. The van der Waals surface area contributed by atoms with Gasteiger partial charge in [0.1, 0.15) is 0 Å². The Bertz CT molecular complexity index is 685. The Morgan fingerprint density at radius 2 is 2.11 bits per heavy atom. The highest BCUT2D eigenvalue weighted by Crippen LogP contribution is 2.29. The van der Waals surface area contributed by atoms with E-state index in [0.29, 0.717) is 24.7 Å². The first-order chi connectivity index (χ1) is 8.36. The monoisotopic (exact) mass is 258 g/mol. The van der Waals surface area contributed by atoms with Crippen LogP contribution in [0.1, 0.15) is 17.0 Å². The minimum Gasteiger partial charge on any atom is -0.296 e. The van der Waals surface area contributed by atoms with Gasteiger partial charge in [-0.15, -0.1) is 0 Å². The number of aromatic nitrogens is 3. The van der Waals surface area contributed by atoms with Crippen LogP contribution in [0.2, 0.25) is 0 Å². The number of hydrogen-bond donors (Lipinski definition) is 1. The van der Waals surface area contributed by atoms with Gasteiger partial charge in [0.2, 0.25) is 0 Å². The van der Waals surface area contributed by atoms with Gasteiger partial charge < -0.3 is 0 Å². The topological polar surface area (TPSA) is 53.4 Å². The van der Waals surface area contributed by atoms with Crippen molar-refractivity contribution in [2.24, 2.45) is 0 Å². The first-order valence-corrected chi connectivity index (χ1v) is 5.25. The number of aromatic amines is 1. The fraction of sp³-hybridized carbons (Fsp3) is 0.400. The third-order valence-corrected chi connectivity index (χ3v) is 2.95. The second-order valence-electron chi connectivity index (χ2n) is 4.38. The maximum absolute atomic E-state index is 12.6. The number of fused-ring (bicyclic) bond motifs is 3. The van der Waals surface area contributed by atoms with Crippen LogP contribution in [0.25, 0.3) is 5.65 Å². The molecule has 0 unspecified atom stereocenters. The smallest absolute Gasteiger partial charge is 0.296 e. The van der Waals surface area contributed by atoms with Crippen LogP contribution in [0, 0.1) is 0 Å². The Morgan fingerprint density at radius 1 is 1.39 bits per heavy atom. The summed E-state index contributed by atoms with van der Waals surface area (Å²) < 4.78 is 38.9. The van der Waals surface area contributed by atoms with Gasteiger partial charge in [-0.25, -0.2) is 9.50 Å². The van der Waals surface area contributed by atoms with E-state index in [9.17, 15) is 18.0 Å². The summed E-state index contributed by atoms with van der Waals surface area (Å²) in [4.78, 5) is 17.1. The molecule has 1 N–H and O–H groups in total. The fourth-order valence-corrected chi connectivity index (χ4v) is 2.17. The molecule has 8 heteroatoms. The van der Waals surface area contributed by atoms with Crippen molar-refractivity contribution in [3.63, 3.8) is 0 Å². The Kier molecular flexibility index (Phi) is 2.10. The van der Waals surface area contributed by atoms with Gasteiger partial charge in [0.05, 0.1) is 5.69 Å². The summed E-state index contributed by atoms with van der Waals surface area (Å²) in [5, 5.41) is 2.79. The lowest BCUT2D eigenvalue weighted by Gasteiger charge is -2.07. The number of hydrogen-bond acceptors (Lipinski definition) is 3. The third kappa shape index (κ3) is 1.52. The van der Waals surface area contributed by atoms with E-state index in [1.54, 1.807) is 0 Å². The Balaban J connectivity index is 2.30. The molecular weight excluding hydrogens is 249 g/mol. The molecule has 0 fully saturated rings. The molecule has 0 amide bonds. The molecule has 0 bridgehead atoms. The minimum atomic E-state index is -4.61. The van der Waals surface area contributed by atoms with E-state index in [2.05, 4.69) is 10.1 Å². The molecule has 0 atom stereocenters. The Morgan fingerprint density at radius 3 is 2.78 bits per heavy atom. The first kappa shape index (κ1) is 11.3. The quantitative estimate of drug-likeness (QED) is 0.766. The maximum atomic E-state index is 12.6. The van der Waals surface area contributed by atoms with Gasteiger partial charge >= 0.3 is 6.18 Å². The lowest BCUT2D eigenvalue weighted by atomic mass is 10.3. The summed E-state index contributed by atoms with van der Waals surface area (Å²) in [6, 6.07) is 0.502. The predicted molar refractivity (Wildman–Crippen MR) is 56.0 cm³/mol. The van der Waals surface area contributed by atoms with Crippen molar-refractivity contribution in [1.29, 1.82) is 0 Å². The zero-order valence-corrected chi connectivity index (χ0v) is 9.38. The molecule has 0 aliphatic carbocycles. The number of nitrogens with one attached hydrogen (secondary N) is 1. The van der Waals surface area contributed by atoms with Crippen molar-refractivity contribution >= 4 is 5.65 Å². The van der Waals surface area contributed by atoms with Gasteiger partial charge in [-0.1, -0.05) is 0 Å². The molecular formula is C10H9F3N4O. The second kappa shape index (κ2) is 3.35. The molecule has 5 nitrogen and oxygen atoms in total. The van der Waals surface area contributed by atoms with Crippen LogP contribution in [0.5, 0.6) is 0 Å². The average Bonchev–Trinajstić information content (AvgIpc) is 2.73. The van der Waals surface area contributed by atoms with Crippen molar-refractivity contribution in [3.8, 4) is 0 Å². The molecule has 0 saturated carbocycles. The number of halogens is 3. The first-order valence-electron chi connectivity index (χ1n) is 5.25. The van der Waals surface area contributed by atoms with E-state index in [4.69, 9.17) is 0 Å². The maximum Gasteiger partial charge on any atom is 0.433 e. The number of alkyl halides is 3. The fourth-order valence-electron chi connectivity index (χ4n) is 2.17. The van der Waals surface area contributed by atoms with Crippen LogP contribution in [0.3, 0.4) is 0 Å². The van der Waals surface area contributed by atoms with Gasteiger partial charge in [0.15, 0.2) is 11.3 Å². The SMILES string of the molecule is CN1Cc2[nH]n3c(=O)cc(C(F)(F)F)nc3c2C1. The van der Waals surface area contributed by atoms with Crippen LogP contribution in [0.15, 0.2) is 10.9 Å². The van der Waals surface area contributed by atoms with E-state index < -0.39 is 17.4 Å². The molecule has 1 aliphatic rings. The van der Waals surface area contributed by atoms with Gasteiger partial charge in [-0.3, -0.25) is 14.8 Å².